The second-order valence-corrected chi connectivity index (χ2v) is 5.92. The van der Waals surface area contributed by atoms with Crippen molar-refractivity contribution in [3.63, 3.8) is 0 Å². The van der Waals surface area contributed by atoms with E-state index in [-0.39, 0.29) is 5.78 Å². The molecule has 0 aromatic heterocycles. The molecule has 6 heteroatoms. The summed E-state index contributed by atoms with van der Waals surface area (Å²) in [6, 6.07) is 13.0. The summed E-state index contributed by atoms with van der Waals surface area (Å²) in [5.74, 6) is 0.0218. The first-order chi connectivity index (χ1) is 13.5. The van der Waals surface area contributed by atoms with Crippen molar-refractivity contribution >= 4 is 17.7 Å². The highest BCUT2D eigenvalue weighted by molar-refractivity contribution is 5.94. The van der Waals surface area contributed by atoms with Gasteiger partial charge in [-0.1, -0.05) is 6.58 Å². The topological polar surface area (TPSA) is 78.9 Å². The van der Waals surface area contributed by atoms with E-state index >= 15 is 0 Å². The Kier molecular flexibility index (Phi) is 7.96. The molecule has 28 heavy (non-hydrogen) atoms. The summed E-state index contributed by atoms with van der Waals surface area (Å²) >= 11 is 0. The van der Waals surface area contributed by atoms with Crippen molar-refractivity contribution < 1.29 is 28.6 Å². The van der Waals surface area contributed by atoms with Gasteiger partial charge in [-0.25, -0.2) is 9.59 Å². The minimum atomic E-state index is -0.494. The molecule has 0 aliphatic heterocycles. The maximum atomic E-state index is 12.2. The molecule has 0 bridgehead atoms. The third kappa shape index (κ3) is 6.72. The average molecular weight is 382 g/mol. The van der Waals surface area contributed by atoms with E-state index in [9.17, 15) is 14.4 Å². The molecule has 0 spiro atoms. The van der Waals surface area contributed by atoms with Gasteiger partial charge in [0, 0.05) is 11.6 Å². The molecule has 6 nitrogen and oxygen atoms in total. The van der Waals surface area contributed by atoms with E-state index in [1.54, 1.807) is 48.5 Å². The zero-order valence-corrected chi connectivity index (χ0v) is 15.7. The lowest BCUT2D eigenvalue weighted by Gasteiger charge is -2.08. The molecule has 2 aromatic carbocycles. The Balaban J connectivity index is 1.76. The van der Waals surface area contributed by atoms with Crippen LogP contribution in [0.4, 0.5) is 0 Å². The molecule has 0 saturated heterocycles. The van der Waals surface area contributed by atoms with Crippen LogP contribution in [-0.2, 0) is 9.53 Å². The molecule has 0 amide bonds. The fourth-order valence-corrected chi connectivity index (χ4v) is 2.24. The highest BCUT2D eigenvalue weighted by Gasteiger charge is 2.09. The molecule has 0 atom stereocenters. The Morgan fingerprint density at radius 1 is 0.857 bits per heavy atom. The fourth-order valence-electron chi connectivity index (χ4n) is 2.24. The predicted molar refractivity (Wildman–Crippen MR) is 104 cm³/mol. The number of rotatable bonds is 10. The molecule has 0 fully saturated rings. The maximum absolute atomic E-state index is 12.2. The van der Waals surface area contributed by atoms with Gasteiger partial charge in [0.2, 0.25) is 0 Å². The number of ketones is 1. The van der Waals surface area contributed by atoms with Crippen LogP contribution in [-0.4, -0.2) is 30.9 Å². The lowest BCUT2D eigenvalue weighted by Crippen LogP contribution is -2.08. The van der Waals surface area contributed by atoms with Crippen LogP contribution >= 0.6 is 0 Å². The van der Waals surface area contributed by atoms with E-state index in [1.807, 2.05) is 0 Å². The number of hydrogen-bond acceptors (Lipinski definition) is 6. The van der Waals surface area contributed by atoms with E-state index in [1.165, 1.54) is 6.92 Å². The number of carbonyl (C=O) groups is 3. The lowest BCUT2D eigenvalue weighted by atomic mass is 10.1. The molecular weight excluding hydrogens is 360 g/mol. The molecule has 0 saturated carbocycles. The Morgan fingerprint density at radius 2 is 1.43 bits per heavy atom. The summed E-state index contributed by atoms with van der Waals surface area (Å²) in [7, 11) is 0. The van der Waals surface area contributed by atoms with Crippen molar-refractivity contribution in [2.45, 2.75) is 19.8 Å². The maximum Gasteiger partial charge on any atom is 0.343 e. The third-order valence-electron chi connectivity index (χ3n) is 3.78. The van der Waals surface area contributed by atoms with Gasteiger partial charge < -0.3 is 14.2 Å². The Hall–Kier alpha value is -3.41. The van der Waals surface area contributed by atoms with Gasteiger partial charge in [0.05, 0.1) is 18.8 Å². The highest BCUT2D eigenvalue weighted by atomic mass is 16.5. The van der Waals surface area contributed by atoms with Crippen molar-refractivity contribution in [3.05, 3.63) is 72.3 Å². The quantitative estimate of drug-likeness (QED) is 0.203. The number of Topliss-reactive ketones (excluding diaryl/α,β-unsaturated/α-hetero) is 1. The molecule has 0 radical (unpaired) electrons. The number of hydrogen-bond donors (Lipinski definition) is 0. The summed E-state index contributed by atoms with van der Waals surface area (Å²) < 4.78 is 15.7. The smallest absolute Gasteiger partial charge is 0.343 e. The van der Waals surface area contributed by atoms with Crippen LogP contribution in [0.2, 0.25) is 0 Å². The molecule has 2 aromatic rings. The van der Waals surface area contributed by atoms with Crippen LogP contribution in [0.25, 0.3) is 0 Å². The van der Waals surface area contributed by atoms with Gasteiger partial charge in [-0.05, 0) is 68.3 Å². The van der Waals surface area contributed by atoms with E-state index in [0.717, 1.165) is 12.5 Å². The molecule has 146 valence electrons. The summed E-state index contributed by atoms with van der Waals surface area (Å²) in [5, 5.41) is 0. The van der Waals surface area contributed by atoms with E-state index in [4.69, 9.17) is 14.2 Å². The molecule has 0 unspecified atom stereocenters. The number of benzene rings is 2. The largest absolute Gasteiger partial charge is 0.494 e. The summed E-state index contributed by atoms with van der Waals surface area (Å²) in [6.45, 7) is 5.59. The Morgan fingerprint density at radius 3 is 2.04 bits per heavy atom. The van der Waals surface area contributed by atoms with E-state index in [0.29, 0.717) is 42.3 Å². The summed E-state index contributed by atoms with van der Waals surface area (Å²) in [6.07, 6.45) is 2.54. The first kappa shape index (κ1) is 20.9. The molecule has 0 aliphatic rings. The van der Waals surface area contributed by atoms with Gasteiger partial charge in [0.15, 0.2) is 5.78 Å². The van der Waals surface area contributed by atoms with Gasteiger partial charge in [-0.2, -0.15) is 0 Å². The summed E-state index contributed by atoms with van der Waals surface area (Å²) in [5.41, 5.74) is 0.944. The van der Waals surface area contributed by atoms with Gasteiger partial charge in [-0.15, -0.1) is 0 Å². The molecular formula is C22H22O6. The Labute approximate surface area is 163 Å². The van der Waals surface area contributed by atoms with E-state index in [2.05, 4.69) is 6.58 Å². The predicted octanol–water partition coefficient (Wildman–Crippen LogP) is 4.00. The second kappa shape index (κ2) is 10.7. The zero-order chi connectivity index (χ0) is 20.4. The number of unbranched alkanes of at least 4 members (excludes halogenated alkanes) is 1. The van der Waals surface area contributed by atoms with Crippen LogP contribution < -0.4 is 9.47 Å². The summed E-state index contributed by atoms with van der Waals surface area (Å²) in [4.78, 5) is 34.3. The van der Waals surface area contributed by atoms with Crippen LogP contribution in [0.5, 0.6) is 11.5 Å². The van der Waals surface area contributed by atoms with Gasteiger partial charge in [0.1, 0.15) is 11.5 Å². The minimum Gasteiger partial charge on any atom is -0.494 e. The SMILES string of the molecule is C=CC(=O)OCCCCOc1ccc(C(=O)Oc2ccc(C(C)=O)cc2)cc1. The van der Waals surface area contributed by atoms with Crippen molar-refractivity contribution in [1.29, 1.82) is 0 Å². The molecule has 0 aliphatic carbocycles. The zero-order valence-electron chi connectivity index (χ0n) is 15.7. The first-order valence-corrected chi connectivity index (χ1v) is 8.85. The number of ether oxygens (including phenoxy) is 3. The van der Waals surface area contributed by atoms with Crippen LogP contribution in [0.15, 0.2) is 61.2 Å². The van der Waals surface area contributed by atoms with E-state index < -0.39 is 11.9 Å². The van der Waals surface area contributed by atoms with Crippen molar-refractivity contribution in [1.82, 2.24) is 0 Å². The van der Waals surface area contributed by atoms with Gasteiger partial charge in [0.25, 0.3) is 0 Å². The van der Waals surface area contributed by atoms with Crippen molar-refractivity contribution in [2.75, 3.05) is 13.2 Å². The number of esters is 2. The average Bonchev–Trinajstić information content (AvgIpc) is 2.71. The van der Waals surface area contributed by atoms with Gasteiger partial charge in [-0.3, -0.25) is 4.79 Å². The molecule has 2 rings (SSSR count). The highest BCUT2D eigenvalue weighted by Crippen LogP contribution is 2.17. The molecule has 0 N–H and O–H groups in total. The lowest BCUT2D eigenvalue weighted by molar-refractivity contribution is -0.137. The van der Waals surface area contributed by atoms with Gasteiger partial charge >= 0.3 is 11.9 Å². The van der Waals surface area contributed by atoms with Crippen LogP contribution in [0.3, 0.4) is 0 Å². The standard InChI is InChI=1S/C22H22O6/c1-3-21(24)27-15-5-4-14-26-19-10-8-18(9-11-19)22(25)28-20-12-6-17(7-13-20)16(2)23/h3,6-13H,1,4-5,14-15H2,2H3. The van der Waals surface area contributed by atoms with Crippen LogP contribution in [0, 0.1) is 0 Å². The fraction of sp³-hybridized carbons (Fsp3) is 0.227. The first-order valence-electron chi connectivity index (χ1n) is 8.85. The van der Waals surface area contributed by atoms with Crippen molar-refractivity contribution in [3.8, 4) is 11.5 Å². The Bertz CT molecular complexity index is 821. The molecule has 0 heterocycles. The normalized spacial score (nSPS) is 10.0. The third-order valence-corrected chi connectivity index (χ3v) is 3.78. The van der Waals surface area contributed by atoms with Crippen molar-refractivity contribution in [2.24, 2.45) is 0 Å². The number of carbonyl (C=O) groups excluding carboxylic acids is 3. The monoisotopic (exact) mass is 382 g/mol. The van der Waals surface area contributed by atoms with Crippen LogP contribution in [0.1, 0.15) is 40.5 Å². The second-order valence-electron chi connectivity index (χ2n) is 5.92. The minimum absolute atomic E-state index is 0.0498.